The molecule has 2 fully saturated rings. The summed E-state index contributed by atoms with van der Waals surface area (Å²) in [7, 11) is 1.46. The summed E-state index contributed by atoms with van der Waals surface area (Å²) in [5, 5.41) is 12.4. The van der Waals surface area contributed by atoms with Gasteiger partial charge >= 0.3 is 0 Å². The fraction of sp³-hybridized carbons (Fsp3) is 0.200. The van der Waals surface area contributed by atoms with E-state index >= 15 is 0 Å². The summed E-state index contributed by atoms with van der Waals surface area (Å²) < 4.78 is 5.28. The molecule has 0 aromatic heterocycles. The van der Waals surface area contributed by atoms with Crippen LogP contribution in [0.2, 0.25) is 0 Å². The largest absolute Gasteiger partial charge is 0.504 e. The molecule has 7 nitrogen and oxygen atoms in total. The van der Waals surface area contributed by atoms with Crippen LogP contribution in [0.1, 0.15) is 17.2 Å². The Morgan fingerprint density at radius 3 is 2.34 bits per heavy atom. The number of phenols is 1. The van der Waals surface area contributed by atoms with Gasteiger partial charge in [0.2, 0.25) is 5.91 Å². The highest BCUT2D eigenvalue weighted by molar-refractivity contribution is 6.24. The van der Waals surface area contributed by atoms with E-state index in [2.05, 4.69) is 0 Å². The van der Waals surface area contributed by atoms with Crippen LogP contribution in [0.15, 0.2) is 72.8 Å². The third-order valence-corrected chi connectivity index (χ3v) is 6.05. The minimum absolute atomic E-state index is 0.0835. The number of carbonyl (C=O) groups is 2. The molecule has 5 rings (SSSR count). The van der Waals surface area contributed by atoms with Crippen molar-refractivity contribution in [2.75, 3.05) is 17.1 Å². The summed E-state index contributed by atoms with van der Waals surface area (Å²) in [6.45, 7) is 1.85. The molecule has 3 atom stereocenters. The van der Waals surface area contributed by atoms with Gasteiger partial charge in [-0.2, -0.15) is 0 Å². The number of hydroxylamine groups is 1. The lowest BCUT2D eigenvalue weighted by Gasteiger charge is -2.29. The van der Waals surface area contributed by atoms with Crippen molar-refractivity contribution in [3.63, 3.8) is 0 Å². The highest BCUT2D eigenvalue weighted by Gasteiger charge is 2.61. The topological polar surface area (TPSA) is 79.3 Å². The number of fused-ring (bicyclic) bond motifs is 1. The van der Waals surface area contributed by atoms with Crippen LogP contribution >= 0.6 is 0 Å². The number of hydrogen-bond acceptors (Lipinski definition) is 6. The minimum Gasteiger partial charge on any atom is -0.504 e. The summed E-state index contributed by atoms with van der Waals surface area (Å²) in [6.07, 6.45) is -1.00. The van der Waals surface area contributed by atoms with Crippen LogP contribution in [0.3, 0.4) is 0 Å². The van der Waals surface area contributed by atoms with E-state index in [0.717, 1.165) is 5.56 Å². The summed E-state index contributed by atoms with van der Waals surface area (Å²) >= 11 is 0. The minimum atomic E-state index is -1.00. The Balaban J connectivity index is 1.64. The van der Waals surface area contributed by atoms with Crippen molar-refractivity contribution in [3.05, 3.63) is 83.9 Å². The molecule has 0 radical (unpaired) electrons. The van der Waals surface area contributed by atoms with Crippen molar-refractivity contribution in [1.29, 1.82) is 0 Å². The number of anilines is 2. The number of nitrogens with zero attached hydrogens (tertiary/aromatic N) is 2. The predicted octanol–water partition coefficient (Wildman–Crippen LogP) is 3.76. The number of benzene rings is 3. The molecule has 0 saturated carbocycles. The summed E-state index contributed by atoms with van der Waals surface area (Å²) in [6, 6.07) is 20.9. The first-order valence-corrected chi connectivity index (χ1v) is 10.3. The van der Waals surface area contributed by atoms with Gasteiger partial charge in [0, 0.05) is 5.56 Å². The molecule has 7 heteroatoms. The molecule has 2 saturated heterocycles. The van der Waals surface area contributed by atoms with E-state index < -0.39 is 24.0 Å². The zero-order valence-electron chi connectivity index (χ0n) is 17.6. The number of phenolic OH excluding ortho intramolecular Hbond substituents is 1. The Bertz CT molecular complexity index is 1200. The fourth-order valence-corrected chi connectivity index (χ4v) is 4.52. The Labute approximate surface area is 185 Å². The van der Waals surface area contributed by atoms with Gasteiger partial charge in [0.1, 0.15) is 12.0 Å². The molecule has 0 aliphatic carbocycles. The lowest BCUT2D eigenvalue weighted by Crippen LogP contribution is -2.37. The Kier molecular flexibility index (Phi) is 4.83. The average Bonchev–Trinajstić information content (AvgIpc) is 3.31. The van der Waals surface area contributed by atoms with E-state index in [9.17, 15) is 14.7 Å². The molecule has 3 aromatic carbocycles. The molecular weight excluding hydrogens is 408 g/mol. The van der Waals surface area contributed by atoms with Gasteiger partial charge in [-0.25, -0.2) is 9.96 Å². The van der Waals surface area contributed by atoms with Crippen LogP contribution in [0, 0.1) is 12.8 Å². The number of imide groups is 1. The standard InChI is InChI=1S/C25H22N2O5/c1-15-9-6-7-13-18(15)26-24(29)20-21(17-12-8-14-19(31-2)22(17)28)27(32-23(20)25(26)30)16-10-4-3-5-11-16/h3-14,20-21,23,28H,1-2H3/t20-,21+,23+/m0/s1. The van der Waals surface area contributed by atoms with Gasteiger partial charge in [-0.15, -0.1) is 0 Å². The normalized spacial score (nSPS) is 22.4. The molecule has 2 amide bonds. The van der Waals surface area contributed by atoms with E-state index in [1.165, 1.54) is 12.0 Å². The number of rotatable bonds is 4. The second-order valence-electron chi connectivity index (χ2n) is 7.85. The van der Waals surface area contributed by atoms with Crippen molar-refractivity contribution in [3.8, 4) is 11.5 Å². The predicted molar refractivity (Wildman–Crippen MR) is 118 cm³/mol. The monoisotopic (exact) mass is 430 g/mol. The SMILES string of the molecule is COc1cccc([C@@H]2[C@@H]3C(=O)N(c4ccccc4C)C(=O)[C@@H]3ON2c2ccccc2)c1O. The number of carbonyl (C=O) groups excluding carboxylic acids is 2. The smallest absolute Gasteiger partial charge is 0.266 e. The molecule has 3 aromatic rings. The van der Waals surface area contributed by atoms with E-state index in [-0.39, 0.29) is 17.4 Å². The molecule has 0 spiro atoms. The van der Waals surface area contributed by atoms with E-state index in [1.807, 2.05) is 49.4 Å². The van der Waals surface area contributed by atoms with E-state index in [4.69, 9.17) is 9.57 Å². The van der Waals surface area contributed by atoms with E-state index in [0.29, 0.717) is 16.9 Å². The molecule has 2 aliphatic heterocycles. The van der Waals surface area contributed by atoms with Gasteiger partial charge in [-0.1, -0.05) is 48.5 Å². The zero-order chi connectivity index (χ0) is 22.4. The summed E-state index contributed by atoms with van der Waals surface area (Å²) in [4.78, 5) is 34.4. The Hall–Kier alpha value is -3.84. The Morgan fingerprint density at radius 2 is 1.62 bits per heavy atom. The highest BCUT2D eigenvalue weighted by Crippen LogP contribution is 2.50. The molecular formula is C25H22N2O5. The first kappa shape index (κ1) is 20.1. The van der Waals surface area contributed by atoms with Crippen LogP contribution in [-0.4, -0.2) is 30.1 Å². The van der Waals surface area contributed by atoms with Crippen LogP contribution in [0.5, 0.6) is 11.5 Å². The van der Waals surface area contributed by atoms with Crippen molar-refractivity contribution >= 4 is 23.2 Å². The molecule has 2 heterocycles. The summed E-state index contributed by atoms with van der Waals surface area (Å²) in [5.74, 6) is -1.41. The maximum Gasteiger partial charge on any atom is 0.266 e. The lowest BCUT2D eigenvalue weighted by molar-refractivity contribution is -0.126. The highest BCUT2D eigenvalue weighted by atomic mass is 16.7. The van der Waals surface area contributed by atoms with Crippen LogP contribution in [-0.2, 0) is 14.4 Å². The van der Waals surface area contributed by atoms with Gasteiger partial charge in [-0.3, -0.25) is 14.4 Å². The third-order valence-electron chi connectivity index (χ3n) is 6.05. The first-order chi connectivity index (χ1) is 15.5. The number of para-hydroxylation sites is 3. The van der Waals surface area contributed by atoms with Crippen molar-refractivity contribution in [2.24, 2.45) is 5.92 Å². The number of ether oxygens (including phenoxy) is 1. The molecule has 0 bridgehead atoms. The van der Waals surface area contributed by atoms with Gasteiger partial charge in [0.05, 0.1) is 18.5 Å². The molecule has 0 unspecified atom stereocenters. The van der Waals surface area contributed by atoms with Gasteiger partial charge < -0.3 is 9.84 Å². The van der Waals surface area contributed by atoms with Gasteiger partial charge in [0.15, 0.2) is 17.6 Å². The molecule has 32 heavy (non-hydrogen) atoms. The van der Waals surface area contributed by atoms with Gasteiger partial charge in [-0.05, 0) is 36.8 Å². The molecule has 2 aliphatic rings. The molecule has 1 N–H and O–H groups in total. The first-order valence-electron chi connectivity index (χ1n) is 10.3. The lowest BCUT2D eigenvalue weighted by atomic mass is 9.90. The fourth-order valence-electron chi connectivity index (χ4n) is 4.52. The average molecular weight is 430 g/mol. The number of amides is 2. The van der Waals surface area contributed by atoms with Crippen molar-refractivity contribution in [2.45, 2.75) is 19.1 Å². The number of hydrogen-bond donors (Lipinski definition) is 1. The Morgan fingerprint density at radius 1 is 0.906 bits per heavy atom. The number of aromatic hydroxyl groups is 1. The maximum absolute atomic E-state index is 13.7. The van der Waals surface area contributed by atoms with Crippen LogP contribution in [0.25, 0.3) is 0 Å². The molecule has 162 valence electrons. The second-order valence-corrected chi connectivity index (χ2v) is 7.85. The van der Waals surface area contributed by atoms with Gasteiger partial charge in [0.25, 0.3) is 5.91 Å². The van der Waals surface area contributed by atoms with Crippen molar-refractivity contribution in [1.82, 2.24) is 0 Å². The summed E-state index contributed by atoms with van der Waals surface area (Å²) in [5.41, 5.74) is 2.49. The quantitative estimate of drug-likeness (QED) is 0.635. The zero-order valence-corrected chi connectivity index (χ0v) is 17.6. The number of methoxy groups -OCH3 is 1. The van der Waals surface area contributed by atoms with Crippen molar-refractivity contribution < 1.29 is 24.3 Å². The van der Waals surface area contributed by atoms with Crippen LogP contribution in [0.4, 0.5) is 11.4 Å². The number of aryl methyl sites for hydroxylation is 1. The third kappa shape index (κ3) is 2.93. The van der Waals surface area contributed by atoms with E-state index in [1.54, 1.807) is 35.4 Å². The maximum atomic E-state index is 13.7. The second kappa shape index (κ2) is 7.69. The van der Waals surface area contributed by atoms with Crippen LogP contribution < -0.4 is 14.7 Å².